The van der Waals surface area contributed by atoms with Gasteiger partial charge in [0.1, 0.15) is 10.6 Å². The summed E-state index contributed by atoms with van der Waals surface area (Å²) >= 11 is 3.39. The molecule has 3 aromatic rings. The fraction of sp³-hybridized carbons (Fsp3) is 0.286. The van der Waals surface area contributed by atoms with Crippen LogP contribution in [-0.4, -0.2) is 16.5 Å². The highest BCUT2D eigenvalue weighted by Gasteiger charge is 2.08. The van der Waals surface area contributed by atoms with E-state index >= 15 is 0 Å². The number of thiophene rings is 2. The molecule has 6 heteroatoms. The second kappa shape index (κ2) is 6.19. The van der Waals surface area contributed by atoms with E-state index in [0.717, 1.165) is 35.5 Å². The van der Waals surface area contributed by atoms with Crippen LogP contribution in [0.3, 0.4) is 0 Å². The lowest BCUT2D eigenvalue weighted by atomic mass is 10.3. The molecule has 0 aliphatic carbocycles. The molecule has 0 saturated carbocycles. The van der Waals surface area contributed by atoms with Crippen molar-refractivity contribution in [3.63, 3.8) is 0 Å². The Morgan fingerprint density at radius 3 is 2.85 bits per heavy atom. The van der Waals surface area contributed by atoms with Crippen molar-refractivity contribution >= 4 is 44.7 Å². The van der Waals surface area contributed by atoms with Gasteiger partial charge >= 0.3 is 0 Å². The molecule has 0 aromatic carbocycles. The zero-order valence-corrected chi connectivity index (χ0v) is 12.9. The minimum Gasteiger partial charge on any atom is -0.364 e. The molecular weight excluding hydrogens is 288 g/mol. The average Bonchev–Trinajstić information content (AvgIpc) is 3.13. The fourth-order valence-electron chi connectivity index (χ4n) is 1.89. The van der Waals surface area contributed by atoms with Crippen molar-refractivity contribution in [1.29, 1.82) is 0 Å². The summed E-state index contributed by atoms with van der Waals surface area (Å²) in [6.07, 6.45) is 1.06. The van der Waals surface area contributed by atoms with Gasteiger partial charge in [-0.2, -0.15) is 4.98 Å². The van der Waals surface area contributed by atoms with Gasteiger partial charge in [0.15, 0.2) is 0 Å². The number of fused-ring (bicyclic) bond motifs is 1. The molecule has 0 bridgehead atoms. The molecule has 0 aliphatic rings. The number of hydrogen-bond donors (Lipinski definition) is 2. The van der Waals surface area contributed by atoms with E-state index < -0.39 is 0 Å². The van der Waals surface area contributed by atoms with Gasteiger partial charge in [0.25, 0.3) is 0 Å². The van der Waals surface area contributed by atoms with Gasteiger partial charge in [-0.3, -0.25) is 0 Å². The number of rotatable bonds is 6. The Kier molecular flexibility index (Phi) is 4.13. The molecule has 3 heterocycles. The summed E-state index contributed by atoms with van der Waals surface area (Å²) in [5, 5.41) is 11.9. The predicted octanol–water partition coefficient (Wildman–Crippen LogP) is 4.19. The largest absolute Gasteiger partial charge is 0.364 e. The third-order valence-electron chi connectivity index (χ3n) is 2.87. The molecule has 104 valence electrons. The molecule has 20 heavy (non-hydrogen) atoms. The van der Waals surface area contributed by atoms with Gasteiger partial charge in [-0.05, 0) is 29.3 Å². The molecule has 0 amide bonds. The molecule has 0 fully saturated rings. The van der Waals surface area contributed by atoms with Crippen molar-refractivity contribution in [3.8, 4) is 0 Å². The Hall–Kier alpha value is -1.66. The van der Waals surface area contributed by atoms with Crippen LogP contribution in [0.15, 0.2) is 29.0 Å². The Morgan fingerprint density at radius 2 is 2.05 bits per heavy atom. The maximum atomic E-state index is 4.59. The first-order chi connectivity index (χ1) is 9.86. The van der Waals surface area contributed by atoms with Crippen molar-refractivity contribution in [2.45, 2.75) is 19.9 Å². The molecule has 0 unspecified atom stereocenters. The van der Waals surface area contributed by atoms with E-state index in [1.807, 2.05) is 0 Å². The van der Waals surface area contributed by atoms with Gasteiger partial charge in [-0.25, -0.2) is 4.98 Å². The Morgan fingerprint density at radius 1 is 1.10 bits per heavy atom. The molecule has 0 atom stereocenters. The minimum atomic E-state index is 0.704. The van der Waals surface area contributed by atoms with E-state index in [9.17, 15) is 0 Å². The lowest BCUT2D eigenvalue weighted by molar-refractivity contribution is 0.956. The molecule has 3 aromatic heterocycles. The topological polar surface area (TPSA) is 49.8 Å². The number of hydrogen-bond acceptors (Lipinski definition) is 6. The van der Waals surface area contributed by atoms with Crippen LogP contribution in [-0.2, 0) is 6.54 Å². The molecule has 0 aliphatic heterocycles. The Labute approximate surface area is 125 Å². The number of nitrogens with one attached hydrogen (secondary N) is 2. The highest BCUT2D eigenvalue weighted by atomic mass is 32.1. The van der Waals surface area contributed by atoms with Crippen LogP contribution in [0.2, 0.25) is 0 Å². The molecule has 3 rings (SSSR count). The van der Waals surface area contributed by atoms with Gasteiger partial charge in [-0.1, -0.05) is 13.0 Å². The number of nitrogens with zero attached hydrogens (tertiary/aromatic N) is 2. The quantitative estimate of drug-likeness (QED) is 0.717. The molecule has 4 nitrogen and oxygen atoms in total. The maximum Gasteiger partial charge on any atom is 0.226 e. The highest BCUT2D eigenvalue weighted by Crippen LogP contribution is 2.27. The summed E-state index contributed by atoms with van der Waals surface area (Å²) in [6.45, 7) is 3.82. The lowest BCUT2D eigenvalue weighted by Crippen LogP contribution is -2.07. The summed E-state index contributed by atoms with van der Waals surface area (Å²) in [6, 6.07) is 6.26. The van der Waals surface area contributed by atoms with Gasteiger partial charge in [0.05, 0.1) is 11.9 Å². The smallest absolute Gasteiger partial charge is 0.226 e. The van der Waals surface area contributed by atoms with E-state index in [4.69, 9.17) is 0 Å². The number of aromatic nitrogens is 2. The summed E-state index contributed by atoms with van der Waals surface area (Å²) in [7, 11) is 0. The van der Waals surface area contributed by atoms with Crippen molar-refractivity contribution in [2.75, 3.05) is 17.2 Å². The minimum absolute atomic E-state index is 0.704. The van der Waals surface area contributed by atoms with Crippen LogP contribution < -0.4 is 10.6 Å². The second-order valence-electron chi connectivity index (χ2n) is 4.39. The normalized spacial score (nSPS) is 10.8. The zero-order chi connectivity index (χ0) is 13.8. The van der Waals surface area contributed by atoms with Gasteiger partial charge in [0.2, 0.25) is 5.95 Å². The van der Waals surface area contributed by atoms with Gasteiger partial charge in [-0.15, -0.1) is 22.7 Å². The van der Waals surface area contributed by atoms with Crippen LogP contribution in [0.5, 0.6) is 0 Å². The molecule has 0 saturated heterocycles. The summed E-state index contributed by atoms with van der Waals surface area (Å²) in [4.78, 5) is 11.4. The Bertz CT molecular complexity index is 676. The third kappa shape index (κ3) is 2.91. The van der Waals surface area contributed by atoms with Crippen LogP contribution in [0.4, 0.5) is 11.8 Å². The highest BCUT2D eigenvalue weighted by molar-refractivity contribution is 7.16. The van der Waals surface area contributed by atoms with Crippen molar-refractivity contribution in [1.82, 2.24) is 9.97 Å². The van der Waals surface area contributed by atoms with Crippen LogP contribution in [0.1, 0.15) is 18.2 Å². The first-order valence-corrected chi connectivity index (χ1v) is 8.38. The standard InChI is InChI=1S/C14H16N4S2/c1-2-6-15-14-17-12(11-5-8-20-13(11)18-14)16-9-10-4-3-7-19-10/h3-5,7-8H,2,6,9H2,1H3,(H2,15,16,17,18). The first kappa shape index (κ1) is 13.3. The monoisotopic (exact) mass is 304 g/mol. The van der Waals surface area contributed by atoms with Crippen molar-refractivity contribution in [2.24, 2.45) is 0 Å². The van der Waals surface area contributed by atoms with Crippen LogP contribution in [0.25, 0.3) is 10.2 Å². The zero-order valence-electron chi connectivity index (χ0n) is 11.2. The van der Waals surface area contributed by atoms with Crippen molar-refractivity contribution < 1.29 is 0 Å². The van der Waals surface area contributed by atoms with Gasteiger partial charge < -0.3 is 10.6 Å². The second-order valence-corrected chi connectivity index (χ2v) is 6.32. The fourth-order valence-corrected chi connectivity index (χ4v) is 3.30. The van der Waals surface area contributed by atoms with Crippen molar-refractivity contribution in [3.05, 3.63) is 33.8 Å². The first-order valence-electron chi connectivity index (χ1n) is 6.62. The van der Waals surface area contributed by atoms with Crippen LogP contribution in [0, 0.1) is 0 Å². The van der Waals surface area contributed by atoms with E-state index in [2.05, 4.69) is 56.5 Å². The molecule has 0 spiro atoms. The Balaban J connectivity index is 1.85. The van der Waals surface area contributed by atoms with Gasteiger partial charge in [0, 0.05) is 11.4 Å². The maximum absolute atomic E-state index is 4.59. The van der Waals surface area contributed by atoms with E-state index in [0.29, 0.717) is 5.95 Å². The molecule has 2 N–H and O–H groups in total. The summed E-state index contributed by atoms with van der Waals surface area (Å²) in [5.41, 5.74) is 0. The average molecular weight is 304 g/mol. The van der Waals surface area contributed by atoms with E-state index in [1.54, 1.807) is 22.7 Å². The van der Waals surface area contributed by atoms with E-state index in [1.165, 1.54) is 4.88 Å². The SMILES string of the molecule is CCCNc1nc(NCc2cccs2)c2ccsc2n1. The summed E-state index contributed by atoms with van der Waals surface area (Å²) in [5.74, 6) is 1.61. The van der Waals surface area contributed by atoms with Crippen LogP contribution >= 0.6 is 22.7 Å². The summed E-state index contributed by atoms with van der Waals surface area (Å²) < 4.78 is 0. The third-order valence-corrected chi connectivity index (χ3v) is 4.55. The number of anilines is 2. The molecule has 0 radical (unpaired) electrons. The molecular formula is C14H16N4S2. The predicted molar refractivity (Wildman–Crippen MR) is 87.8 cm³/mol. The lowest BCUT2D eigenvalue weighted by Gasteiger charge is -2.09. The van der Waals surface area contributed by atoms with E-state index in [-0.39, 0.29) is 0 Å².